The predicted molar refractivity (Wildman–Crippen MR) is 111 cm³/mol. The van der Waals surface area contributed by atoms with Gasteiger partial charge in [-0.3, -0.25) is 10.1 Å². The Morgan fingerprint density at radius 1 is 1.19 bits per heavy atom. The van der Waals surface area contributed by atoms with Crippen molar-refractivity contribution in [3.63, 3.8) is 0 Å². The smallest absolute Gasteiger partial charge is 0.276 e. The zero-order valence-electron chi connectivity index (χ0n) is 14.3. The van der Waals surface area contributed by atoms with E-state index in [4.69, 9.17) is 0 Å². The standard InChI is InChI=1S/C18H15N5OS3/c1-2-25-18-21-20-17(27-18)19-16(24)14-11-13(15-9-6-10-26-15)22-23(14)12-7-4-3-5-8-12/h3-11H,2H2,1H3,(H,19,20,24). The van der Waals surface area contributed by atoms with E-state index >= 15 is 0 Å². The molecule has 27 heavy (non-hydrogen) atoms. The first-order valence-electron chi connectivity index (χ1n) is 8.21. The van der Waals surface area contributed by atoms with Gasteiger partial charge in [0.2, 0.25) is 5.13 Å². The Labute approximate surface area is 168 Å². The van der Waals surface area contributed by atoms with Crippen molar-refractivity contribution in [3.05, 3.63) is 59.6 Å². The summed E-state index contributed by atoms with van der Waals surface area (Å²) in [6.07, 6.45) is 0. The first-order chi connectivity index (χ1) is 13.2. The minimum absolute atomic E-state index is 0.265. The maximum atomic E-state index is 12.9. The molecule has 6 nitrogen and oxygen atoms in total. The molecule has 0 spiro atoms. The van der Waals surface area contributed by atoms with Gasteiger partial charge in [0, 0.05) is 0 Å². The fourth-order valence-corrected chi connectivity index (χ4v) is 4.78. The molecule has 1 amide bonds. The van der Waals surface area contributed by atoms with Gasteiger partial charge in [-0.05, 0) is 35.4 Å². The number of aromatic nitrogens is 4. The molecular weight excluding hydrogens is 398 g/mol. The van der Waals surface area contributed by atoms with Gasteiger partial charge in [-0.2, -0.15) is 5.10 Å². The minimum Gasteiger partial charge on any atom is -0.295 e. The number of amides is 1. The monoisotopic (exact) mass is 413 g/mol. The average Bonchev–Trinajstić information content (AvgIpc) is 3.43. The molecule has 0 atom stereocenters. The molecule has 9 heteroatoms. The number of thiophene rings is 1. The van der Waals surface area contributed by atoms with Crippen LogP contribution in [-0.2, 0) is 0 Å². The molecule has 0 saturated carbocycles. The molecule has 1 N–H and O–H groups in total. The van der Waals surface area contributed by atoms with Crippen LogP contribution in [0.1, 0.15) is 17.4 Å². The molecule has 0 radical (unpaired) electrons. The van der Waals surface area contributed by atoms with E-state index in [0.29, 0.717) is 10.8 Å². The molecule has 0 saturated heterocycles. The molecule has 0 unspecified atom stereocenters. The van der Waals surface area contributed by atoms with E-state index in [-0.39, 0.29) is 5.91 Å². The van der Waals surface area contributed by atoms with Crippen molar-refractivity contribution in [1.82, 2.24) is 20.0 Å². The third kappa shape index (κ3) is 3.95. The summed E-state index contributed by atoms with van der Waals surface area (Å²) in [5.41, 5.74) is 2.04. The quantitative estimate of drug-likeness (QED) is 0.362. The lowest BCUT2D eigenvalue weighted by atomic mass is 10.3. The summed E-state index contributed by atoms with van der Waals surface area (Å²) in [4.78, 5) is 13.9. The second kappa shape index (κ2) is 8.03. The van der Waals surface area contributed by atoms with E-state index in [9.17, 15) is 4.79 Å². The van der Waals surface area contributed by atoms with E-state index in [0.717, 1.165) is 26.4 Å². The van der Waals surface area contributed by atoms with Crippen LogP contribution in [0, 0.1) is 0 Å². The molecule has 1 aromatic carbocycles. The van der Waals surface area contributed by atoms with Crippen molar-refractivity contribution in [1.29, 1.82) is 0 Å². The number of benzene rings is 1. The summed E-state index contributed by atoms with van der Waals surface area (Å²) in [5.74, 6) is 0.645. The molecule has 0 aliphatic carbocycles. The van der Waals surface area contributed by atoms with Crippen molar-refractivity contribution >= 4 is 45.5 Å². The fourth-order valence-electron chi connectivity index (χ4n) is 2.46. The molecule has 3 heterocycles. The van der Waals surface area contributed by atoms with Gasteiger partial charge in [0.15, 0.2) is 4.34 Å². The normalized spacial score (nSPS) is 10.9. The molecule has 136 valence electrons. The lowest BCUT2D eigenvalue weighted by Crippen LogP contribution is -2.16. The van der Waals surface area contributed by atoms with Gasteiger partial charge < -0.3 is 0 Å². The van der Waals surface area contributed by atoms with Crippen LogP contribution in [0.4, 0.5) is 5.13 Å². The number of nitrogens with zero attached hydrogens (tertiary/aromatic N) is 4. The number of carbonyl (C=O) groups excluding carboxylic acids is 1. The van der Waals surface area contributed by atoms with Gasteiger partial charge in [-0.1, -0.05) is 54.3 Å². The number of carbonyl (C=O) groups is 1. The molecule has 0 aliphatic heterocycles. The average molecular weight is 414 g/mol. The van der Waals surface area contributed by atoms with Crippen LogP contribution in [0.2, 0.25) is 0 Å². The largest absolute Gasteiger partial charge is 0.295 e. The van der Waals surface area contributed by atoms with E-state index < -0.39 is 0 Å². The van der Waals surface area contributed by atoms with Gasteiger partial charge in [0.25, 0.3) is 5.91 Å². The number of rotatable bonds is 6. The Kier molecular flexibility index (Phi) is 5.33. The van der Waals surface area contributed by atoms with Gasteiger partial charge in [0.05, 0.1) is 10.6 Å². The number of nitrogens with one attached hydrogen (secondary N) is 1. The Morgan fingerprint density at radius 2 is 2.04 bits per heavy atom. The van der Waals surface area contributed by atoms with Gasteiger partial charge >= 0.3 is 0 Å². The number of hydrogen-bond donors (Lipinski definition) is 1. The summed E-state index contributed by atoms with van der Waals surface area (Å²) in [6, 6.07) is 15.4. The van der Waals surface area contributed by atoms with Crippen LogP contribution in [-0.4, -0.2) is 31.6 Å². The lowest BCUT2D eigenvalue weighted by Gasteiger charge is -2.06. The van der Waals surface area contributed by atoms with E-state index in [2.05, 4.69) is 27.5 Å². The SMILES string of the molecule is CCSc1nnc(NC(=O)c2cc(-c3cccs3)nn2-c2ccccc2)s1. The molecule has 0 bridgehead atoms. The lowest BCUT2D eigenvalue weighted by molar-refractivity contribution is 0.101. The van der Waals surface area contributed by atoms with Crippen LogP contribution in [0.5, 0.6) is 0 Å². The van der Waals surface area contributed by atoms with Crippen LogP contribution >= 0.6 is 34.4 Å². The van der Waals surface area contributed by atoms with E-state index in [1.165, 1.54) is 11.3 Å². The van der Waals surface area contributed by atoms with Crippen molar-refractivity contribution in [2.24, 2.45) is 0 Å². The minimum atomic E-state index is -0.265. The van der Waals surface area contributed by atoms with Crippen molar-refractivity contribution in [2.75, 3.05) is 11.1 Å². The molecular formula is C18H15N5OS3. The molecule has 0 aliphatic rings. The first-order valence-corrected chi connectivity index (χ1v) is 10.9. The highest BCUT2D eigenvalue weighted by Crippen LogP contribution is 2.28. The van der Waals surface area contributed by atoms with Crippen molar-refractivity contribution in [3.8, 4) is 16.3 Å². The van der Waals surface area contributed by atoms with Gasteiger partial charge in [-0.25, -0.2) is 4.68 Å². The summed E-state index contributed by atoms with van der Waals surface area (Å²) in [7, 11) is 0. The maximum Gasteiger partial charge on any atom is 0.276 e. The van der Waals surface area contributed by atoms with E-state index in [1.54, 1.807) is 33.8 Å². The van der Waals surface area contributed by atoms with Gasteiger partial charge in [-0.15, -0.1) is 21.5 Å². The highest BCUT2D eigenvalue weighted by atomic mass is 32.2. The zero-order valence-corrected chi connectivity index (χ0v) is 16.8. The molecule has 3 aromatic heterocycles. The predicted octanol–water partition coefficient (Wildman–Crippen LogP) is 4.82. The Balaban J connectivity index is 1.68. The summed E-state index contributed by atoms with van der Waals surface area (Å²) in [6.45, 7) is 2.05. The number of anilines is 1. The van der Waals surface area contributed by atoms with Gasteiger partial charge in [0.1, 0.15) is 11.4 Å². The third-order valence-corrected chi connectivity index (χ3v) is 6.36. The second-order valence-corrected chi connectivity index (χ2v) is 8.84. The van der Waals surface area contributed by atoms with Crippen LogP contribution in [0.15, 0.2) is 58.3 Å². The number of hydrogen-bond acceptors (Lipinski definition) is 7. The van der Waals surface area contributed by atoms with Crippen LogP contribution in [0.25, 0.3) is 16.3 Å². The second-order valence-electron chi connectivity index (χ2n) is 5.40. The van der Waals surface area contributed by atoms with Crippen LogP contribution < -0.4 is 5.32 Å². The maximum absolute atomic E-state index is 12.9. The Morgan fingerprint density at radius 3 is 2.78 bits per heavy atom. The third-order valence-electron chi connectivity index (χ3n) is 3.61. The van der Waals surface area contributed by atoms with E-state index in [1.807, 2.05) is 47.8 Å². The Hall–Kier alpha value is -2.49. The first kappa shape index (κ1) is 17.9. The van der Waals surface area contributed by atoms with Crippen molar-refractivity contribution < 1.29 is 4.79 Å². The fraction of sp³-hybridized carbons (Fsp3) is 0.111. The van der Waals surface area contributed by atoms with Crippen LogP contribution in [0.3, 0.4) is 0 Å². The van der Waals surface area contributed by atoms with Crippen molar-refractivity contribution in [2.45, 2.75) is 11.3 Å². The molecule has 4 rings (SSSR count). The topological polar surface area (TPSA) is 72.7 Å². The highest BCUT2D eigenvalue weighted by molar-refractivity contribution is 8.01. The summed E-state index contributed by atoms with van der Waals surface area (Å²) < 4.78 is 2.50. The highest BCUT2D eigenvalue weighted by Gasteiger charge is 2.19. The molecule has 4 aromatic rings. The molecule has 0 fully saturated rings. The Bertz CT molecular complexity index is 1040. The summed E-state index contributed by atoms with van der Waals surface area (Å²) >= 11 is 4.55. The number of para-hydroxylation sites is 1. The number of thioether (sulfide) groups is 1. The zero-order chi connectivity index (χ0) is 18.6. The summed E-state index contributed by atoms with van der Waals surface area (Å²) in [5, 5.41) is 18.1.